The Labute approximate surface area is 211 Å². The van der Waals surface area contributed by atoms with Crippen LogP contribution in [0.4, 0.5) is 14.5 Å². The molecule has 2 bridgehead atoms. The van der Waals surface area contributed by atoms with Crippen LogP contribution in [0.3, 0.4) is 0 Å². The Hall–Kier alpha value is -2.66. The molecule has 35 heavy (non-hydrogen) atoms. The predicted octanol–water partition coefficient (Wildman–Crippen LogP) is 6.86. The van der Waals surface area contributed by atoms with Crippen molar-refractivity contribution in [3.05, 3.63) is 68.9 Å². The summed E-state index contributed by atoms with van der Waals surface area (Å²) in [4.78, 5) is 1.78. The van der Waals surface area contributed by atoms with Crippen LogP contribution in [0, 0.1) is 28.9 Å². The Morgan fingerprint density at radius 1 is 1.14 bits per heavy atom. The molecule has 0 unspecified atom stereocenters. The average molecular weight is 516 g/mol. The molecule has 3 atom stereocenters. The number of piperidine rings is 1. The Bertz CT molecular complexity index is 1310. The van der Waals surface area contributed by atoms with Crippen molar-refractivity contribution in [2.45, 2.75) is 50.4 Å². The van der Waals surface area contributed by atoms with Gasteiger partial charge in [0, 0.05) is 35.5 Å². The van der Waals surface area contributed by atoms with Gasteiger partial charge in [-0.1, -0.05) is 34.4 Å². The average Bonchev–Trinajstić information content (AvgIpc) is 3.29. The number of nitriles is 1. The number of hydrogen-bond acceptors (Lipinski definition) is 5. The van der Waals surface area contributed by atoms with Crippen LogP contribution in [0.5, 0.6) is 0 Å². The number of nitrogens with zero attached hydrogens (tertiary/aromatic N) is 3. The predicted molar refractivity (Wildman–Crippen MR) is 127 cm³/mol. The minimum Gasteiger partial charge on any atom is -0.373 e. The second-order valence-electron chi connectivity index (χ2n) is 9.53. The maximum atomic E-state index is 14.6. The van der Waals surface area contributed by atoms with Crippen LogP contribution >= 0.6 is 23.2 Å². The van der Waals surface area contributed by atoms with E-state index < -0.39 is 11.6 Å². The minimum atomic E-state index is -0.702. The zero-order chi connectivity index (χ0) is 24.3. The molecule has 0 N–H and O–H groups in total. The van der Waals surface area contributed by atoms with Gasteiger partial charge in [0.05, 0.1) is 34.4 Å². The lowest BCUT2D eigenvalue weighted by molar-refractivity contribution is 0.0121. The summed E-state index contributed by atoms with van der Waals surface area (Å²) in [6.07, 6.45) is 3.50. The maximum absolute atomic E-state index is 14.6. The van der Waals surface area contributed by atoms with Crippen molar-refractivity contribution in [1.29, 1.82) is 5.26 Å². The highest BCUT2D eigenvalue weighted by atomic mass is 35.5. The molecule has 3 fully saturated rings. The molecule has 9 heteroatoms. The largest absolute Gasteiger partial charge is 0.373 e. The number of ether oxygens (including phenoxy) is 1. The second-order valence-corrected chi connectivity index (χ2v) is 10.3. The molecule has 1 saturated heterocycles. The zero-order valence-corrected chi connectivity index (χ0v) is 20.1. The highest BCUT2D eigenvalue weighted by molar-refractivity contribution is 6.39. The third-order valence-corrected chi connectivity index (χ3v) is 7.95. The van der Waals surface area contributed by atoms with Crippen molar-refractivity contribution in [1.82, 2.24) is 5.16 Å². The molecule has 1 aliphatic heterocycles. The van der Waals surface area contributed by atoms with Gasteiger partial charge in [0.15, 0.2) is 11.6 Å². The number of benzene rings is 2. The molecule has 6 rings (SSSR count). The quantitative estimate of drug-likeness (QED) is 0.358. The van der Waals surface area contributed by atoms with Crippen molar-refractivity contribution >= 4 is 28.9 Å². The lowest BCUT2D eigenvalue weighted by Crippen LogP contribution is -2.39. The smallest absolute Gasteiger partial charge is 0.150 e. The highest BCUT2D eigenvalue weighted by Crippen LogP contribution is 2.47. The molecule has 3 aromatic rings. The van der Waals surface area contributed by atoms with Crippen molar-refractivity contribution in [3.8, 4) is 17.3 Å². The van der Waals surface area contributed by atoms with Crippen molar-refractivity contribution in [3.63, 3.8) is 0 Å². The van der Waals surface area contributed by atoms with E-state index >= 15 is 0 Å². The Morgan fingerprint density at radius 2 is 1.86 bits per heavy atom. The number of hydrogen-bond donors (Lipinski definition) is 0. The summed E-state index contributed by atoms with van der Waals surface area (Å²) < 4.78 is 41.3. The van der Waals surface area contributed by atoms with Crippen LogP contribution in [0.1, 0.15) is 48.5 Å². The fraction of sp³-hybridized carbons (Fsp3) is 0.385. The van der Waals surface area contributed by atoms with Gasteiger partial charge >= 0.3 is 0 Å². The highest BCUT2D eigenvalue weighted by Gasteiger charge is 2.47. The van der Waals surface area contributed by atoms with Crippen LogP contribution in [-0.4, -0.2) is 23.8 Å². The summed E-state index contributed by atoms with van der Waals surface area (Å²) in [5.74, 6) is -0.111. The lowest BCUT2D eigenvalue weighted by atomic mass is 10.0. The third-order valence-electron chi connectivity index (χ3n) is 7.32. The first-order valence-electron chi connectivity index (χ1n) is 11.6. The maximum Gasteiger partial charge on any atom is 0.150 e. The van der Waals surface area contributed by atoms with Gasteiger partial charge in [-0.25, -0.2) is 8.78 Å². The summed E-state index contributed by atoms with van der Waals surface area (Å²) in [5.41, 5.74) is 2.03. The molecule has 2 saturated carbocycles. The van der Waals surface area contributed by atoms with Gasteiger partial charge in [0.25, 0.3) is 0 Å². The first kappa shape index (κ1) is 22.8. The standard InChI is InChI=1S/C26H21Cl2F2N3O2/c27-18-2-1-3-19(28)23(18)24-17(26(35-32-24)14-4-5-14)12-34-22-9-16-8-15(22)11-33(16)25-20(29)6-13(10-31)7-21(25)30/h1-3,6-7,14-16,22H,4-5,8-9,11-12H2/t15-,16-,22+/m0/s1. The molecule has 2 aliphatic carbocycles. The van der Waals surface area contributed by atoms with Crippen molar-refractivity contribution < 1.29 is 18.0 Å². The zero-order valence-electron chi connectivity index (χ0n) is 18.6. The number of halogens is 4. The number of anilines is 1. The van der Waals surface area contributed by atoms with E-state index in [2.05, 4.69) is 5.16 Å². The van der Waals surface area contributed by atoms with E-state index in [1.807, 2.05) is 0 Å². The van der Waals surface area contributed by atoms with Gasteiger partial charge in [0.2, 0.25) is 0 Å². The molecular formula is C26H21Cl2F2N3O2. The van der Waals surface area contributed by atoms with Gasteiger partial charge in [-0.2, -0.15) is 5.26 Å². The van der Waals surface area contributed by atoms with Crippen LogP contribution in [-0.2, 0) is 11.3 Å². The second kappa shape index (κ2) is 8.77. The fourth-order valence-corrected chi connectivity index (χ4v) is 6.10. The van der Waals surface area contributed by atoms with Gasteiger partial charge in [0.1, 0.15) is 17.1 Å². The van der Waals surface area contributed by atoms with Gasteiger partial charge in [-0.15, -0.1) is 0 Å². The first-order chi connectivity index (χ1) is 16.9. The number of rotatable bonds is 6. The van der Waals surface area contributed by atoms with Crippen LogP contribution in [0.2, 0.25) is 10.0 Å². The van der Waals surface area contributed by atoms with E-state index in [0.717, 1.165) is 42.7 Å². The Kier molecular flexibility index (Phi) is 5.71. The van der Waals surface area contributed by atoms with Crippen LogP contribution in [0.25, 0.3) is 11.3 Å². The Morgan fingerprint density at radius 3 is 2.46 bits per heavy atom. The third kappa shape index (κ3) is 3.98. The molecule has 0 amide bonds. The van der Waals surface area contributed by atoms with Gasteiger partial charge in [-0.3, -0.25) is 0 Å². The Balaban J connectivity index is 1.21. The van der Waals surface area contributed by atoms with E-state index in [1.165, 1.54) is 0 Å². The molecule has 3 aliphatic rings. The molecule has 1 aromatic heterocycles. The van der Waals surface area contributed by atoms with Crippen molar-refractivity contribution in [2.24, 2.45) is 5.92 Å². The number of fused-ring (bicyclic) bond motifs is 2. The minimum absolute atomic E-state index is 0.0233. The topological polar surface area (TPSA) is 62.3 Å². The SMILES string of the molecule is N#Cc1cc(F)c(N2C[C@@H]3C[C@H]2C[C@H]3OCc2c(-c3c(Cl)cccc3Cl)noc2C2CC2)c(F)c1. The summed E-state index contributed by atoms with van der Waals surface area (Å²) >= 11 is 12.9. The van der Waals surface area contributed by atoms with E-state index in [4.69, 9.17) is 37.7 Å². The fourth-order valence-electron chi connectivity index (χ4n) is 5.53. The summed E-state index contributed by atoms with van der Waals surface area (Å²) in [5, 5.41) is 14.3. The number of aromatic nitrogens is 1. The van der Waals surface area contributed by atoms with Crippen LogP contribution < -0.4 is 4.90 Å². The summed E-state index contributed by atoms with van der Waals surface area (Å²) in [7, 11) is 0. The van der Waals surface area contributed by atoms with Crippen molar-refractivity contribution in [2.75, 3.05) is 11.4 Å². The summed E-state index contributed by atoms with van der Waals surface area (Å²) in [6, 6.07) is 9.26. The van der Waals surface area contributed by atoms with Gasteiger partial charge < -0.3 is 14.2 Å². The molecule has 5 nitrogen and oxygen atoms in total. The molecular weight excluding hydrogens is 495 g/mol. The molecule has 0 radical (unpaired) electrons. The van der Waals surface area contributed by atoms with E-state index in [-0.39, 0.29) is 29.3 Å². The molecule has 0 spiro atoms. The molecule has 180 valence electrons. The van der Waals surface area contributed by atoms with E-state index in [9.17, 15) is 8.78 Å². The first-order valence-corrected chi connectivity index (χ1v) is 12.4. The van der Waals surface area contributed by atoms with E-state index in [0.29, 0.717) is 46.8 Å². The summed E-state index contributed by atoms with van der Waals surface area (Å²) in [6.45, 7) is 0.803. The molecule has 2 aromatic carbocycles. The monoisotopic (exact) mass is 515 g/mol. The molecule has 2 heterocycles. The normalized spacial score (nSPS) is 23.2. The van der Waals surface area contributed by atoms with E-state index in [1.54, 1.807) is 29.2 Å². The van der Waals surface area contributed by atoms with Gasteiger partial charge in [-0.05, 0) is 49.9 Å². The lowest BCUT2D eigenvalue weighted by Gasteiger charge is -2.33. The van der Waals surface area contributed by atoms with Crippen LogP contribution in [0.15, 0.2) is 34.9 Å².